The van der Waals surface area contributed by atoms with Gasteiger partial charge in [0.05, 0.1) is 18.0 Å². The number of carbonyl (C=O) groups excluding carboxylic acids is 1. The van der Waals surface area contributed by atoms with Crippen molar-refractivity contribution in [2.24, 2.45) is 17.1 Å². The lowest BCUT2D eigenvalue weighted by Gasteiger charge is -2.60. The Morgan fingerprint density at radius 2 is 2.30 bits per heavy atom. The summed E-state index contributed by atoms with van der Waals surface area (Å²) in [6.07, 6.45) is 2.43. The summed E-state index contributed by atoms with van der Waals surface area (Å²) in [4.78, 5) is 16.6. The molecule has 0 aromatic carbocycles. The van der Waals surface area contributed by atoms with Crippen molar-refractivity contribution in [3.05, 3.63) is 23.5 Å². The molecule has 3 N–H and O–H groups in total. The third-order valence-electron chi connectivity index (χ3n) is 4.82. The molecule has 1 aliphatic carbocycles. The Hall–Kier alpha value is -1.17. The molecule has 2 aliphatic rings. The van der Waals surface area contributed by atoms with Crippen LogP contribution >= 0.6 is 11.6 Å². The molecule has 0 radical (unpaired) electrons. The predicted molar refractivity (Wildman–Crippen MR) is 76.4 cm³/mol. The molecule has 20 heavy (non-hydrogen) atoms. The first-order chi connectivity index (χ1) is 9.37. The van der Waals surface area contributed by atoms with Crippen molar-refractivity contribution in [3.8, 4) is 0 Å². The monoisotopic (exact) mass is 295 g/mol. The first-order valence-electron chi connectivity index (χ1n) is 6.71. The predicted octanol–water partition coefficient (Wildman–Crippen LogP) is 1.82. The van der Waals surface area contributed by atoms with Gasteiger partial charge < -0.3 is 15.8 Å². The highest BCUT2D eigenvalue weighted by molar-refractivity contribution is 6.29. The zero-order valence-corrected chi connectivity index (χ0v) is 12.3. The summed E-state index contributed by atoms with van der Waals surface area (Å²) in [5.41, 5.74) is 5.76. The van der Waals surface area contributed by atoms with Crippen LogP contribution in [0, 0.1) is 11.3 Å². The zero-order valence-electron chi connectivity index (χ0n) is 11.5. The van der Waals surface area contributed by atoms with Crippen LogP contribution < -0.4 is 11.1 Å². The lowest BCUT2D eigenvalue weighted by atomic mass is 9.48. The number of anilines is 1. The van der Waals surface area contributed by atoms with Crippen molar-refractivity contribution in [1.29, 1.82) is 0 Å². The van der Waals surface area contributed by atoms with E-state index in [-0.39, 0.29) is 23.3 Å². The van der Waals surface area contributed by atoms with Crippen molar-refractivity contribution >= 4 is 23.2 Å². The van der Waals surface area contributed by atoms with Crippen LogP contribution in [0.15, 0.2) is 18.3 Å². The van der Waals surface area contributed by atoms with Gasteiger partial charge in [0.25, 0.3) is 0 Å². The fourth-order valence-corrected chi connectivity index (χ4v) is 3.64. The van der Waals surface area contributed by atoms with E-state index in [1.165, 1.54) is 6.20 Å². The SMILES string of the molecule is CC1(C)C2OCCC2C1(N)C(=O)Nc1ccc(Cl)nc1. The summed E-state index contributed by atoms with van der Waals surface area (Å²) in [5.74, 6) is -0.101. The van der Waals surface area contributed by atoms with Gasteiger partial charge in [0.15, 0.2) is 0 Å². The molecule has 2 fully saturated rings. The van der Waals surface area contributed by atoms with E-state index < -0.39 is 5.54 Å². The number of ether oxygens (including phenoxy) is 1. The summed E-state index contributed by atoms with van der Waals surface area (Å²) in [7, 11) is 0. The molecule has 1 aliphatic heterocycles. The second-order valence-corrected chi connectivity index (χ2v) is 6.49. The molecule has 1 saturated carbocycles. The molecule has 3 unspecified atom stereocenters. The minimum Gasteiger partial charge on any atom is -0.377 e. The third-order valence-corrected chi connectivity index (χ3v) is 5.04. The maximum Gasteiger partial charge on any atom is 0.245 e. The smallest absolute Gasteiger partial charge is 0.245 e. The Morgan fingerprint density at radius 1 is 1.55 bits per heavy atom. The minimum atomic E-state index is -0.909. The van der Waals surface area contributed by atoms with Gasteiger partial charge in [-0.1, -0.05) is 25.4 Å². The molecular weight excluding hydrogens is 278 g/mol. The Balaban J connectivity index is 1.81. The van der Waals surface area contributed by atoms with Gasteiger partial charge in [0.1, 0.15) is 10.7 Å². The maximum atomic E-state index is 12.6. The molecule has 3 atom stereocenters. The molecule has 0 bridgehead atoms. The van der Waals surface area contributed by atoms with Gasteiger partial charge in [0, 0.05) is 17.9 Å². The van der Waals surface area contributed by atoms with Crippen molar-refractivity contribution < 1.29 is 9.53 Å². The van der Waals surface area contributed by atoms with Crippen LogP contribution in [0.3, 0.4) is 0 Å². The number of amides is 1. The van der Waals surface area contributed by atoms with Gasteiger partial charge in [0.2, 0.25) is 5.91 Å². The van der Waals surface area contributed by atoms with Crippen LogP contribution in [-0.4, -0.2) is 29.1 Å². The Bertz CT molecular complexity index is 546. The Labute approximate surface area is 122 Å². The van der Waals surface area contributed by atoms with Crippen LogP contribution in [0.4, 0.5) is 5.69 Å². The first kappa shape index (κ1) is 13.8. The minimum absolute atomic E-state index is 0.0709. The number of nitrogens with zero attached hydrogens (tertiary/aromatic N) is 1. The second kappa shape index (κ2) is 4.41. The number of carbonyl (C=O) groups is 1. The molecule has 1 amide bonds. The highest BCUT2D eigenvalue weighted by Crippen LogP contribution is 2.58. The molecule has 1 aromatic rings. The van der Waals surface area contributed by atoms with Crippen LogP contribution in [0.2, 0.25) is 5.15 Å². The number of nitrogens with one attached hydrogen (secondary N) is 1. The number of rotatable bonds is 2. The quantitative estimate of drug-likeness (QED) is 0.816. The number of aromatic nitrogens is 1. The molecule has 0 spiro atoms. The molecule has 3 rings (SSSR count). The van der Waals surface area contributed by atoms with Gasteiger partial charge in [-0.2, -0.15) is 0 Å². The normalized spacial score (nSPS) is 34.2. The summed E-state index contributed by atoms with van der Waals surface area (Å²) < 4.78 is 5.69. The average molecular weight is 296 g/mol. The third kappa shape index (κ3) is 1.70. The molecule has 1 saturated heterocycles. The van der Waals surface area contributed by atoms with E-state index in [0.29, 0.717) is 17.4 Å². The van der Waals surface area contributed by atoms with Crippen molar-refractivity contribution in [2.75, 3.05) is 11.9 Å². The number of pyridine rings is 1. The standard InChI is InChI=1S/C14H18ClN3O2/c1-13(2)11-9(5-6-20-11)14(13,16)12(19)18-8-3-4-10(15)17-7-8/h3-4,7,9,11H,5-6,16H2,1-2H3,(H,18,19). The van der Waals surface area contributed by atoms with Crippen LogP contribution in [0.5, 0.6) is 0 Å². The Morgan fingerprint density at radius 3 is 2.95 bits per heavy atom. The summed E-state index contributed by atoms with van der Waals surface area (Å²) >= 11 is 5.73. The summed E-state index contributed by atoms with van der Waals surface area (Å²) in [6.45, 7) is 4.64. The van der Waals surface area contributed by atoms with E-state index in [0.717, 1.165) is 6.42 Å². The number of halogens is 1. The highest BCUT2D eigenvalue weighted by atomic mass is 35.5. The molecular formula is C14H18ClN3O2. The zero-order chi connectivity index (χ0) is 14.5. The lowest BCUT2D eigenvalue weighted by Crippen LogP contribution is -2.79. The lowest BCUT2D eigenvalue weighted by molar-refractivity contribution is -0.170. The molecule has 108 valence electrons. The molecule has 5 nitrogen and oxygen atoms in total. The maximum absolute atomic E-state index is 12.6. The van der Waals surface area contributed by atoms with Crippen LogP contribution in [0.25, 0.3) is 0 Å². The number of hydrogen-bond acceptors (Lipinski definition) is 4. The summed E-state index contributed by atoms with van der Waals surface area (Å²) in [5, 5.41) is 3.23. The van der Waals surface area contributed by atoms with E-state index in [9.17, 15) is 4.79 Å². The van der Waals surface area contributed by atoms with Crippen molar-refractivity contribution in [3.63, 3.8) is 0 Å². The molecule has 6 heteroatoms. The average Bonchev–Trinajstić information content (AvgIpc) is 2.88. The van der Waals surface area contributed by atoms with Crippen LogP contribution in [-0.2, 0) is 9.53 Å². The van der Waals surface area contributed by atoms with E-state index in [1.54, 1.807) is 12.1 Å². The van der Waals surface area contributed by atoms with E-state index in [4.69, 9.17) is 22.1 Å². The fourth-order valence-electron chi connectivity index (χ4n) is 3.53. The highest BCUT2D eigenvalue weighted by Gasteiger charge is 2.71. The van der Waals surface area contributed by atoms with Crippen molar-refractivity contribution in [1.82, 2.24) is 4.98 Å². The van der Waals surface area contributed by atoms with Gasteiger partial charge in [-0.3, -0.25) is 4.79 Å². The van der Waals surface area contributed by atoms with Crippen molar-refractivity contribution in [2.45, 2.75) is 31.9 Å². The molecule has 2 heterocycles. The molecule has 1 aromatic heterocycles. The van der Waals surface area contributed by atoms with Gasteiger partial charge >= 0.3 is 0 Å². The largest absolute Gasteiger partial charge is 0.377 e. The number of nitrogens with two attached hydrogens (primary N) is 1. The summed E-state index contributed by atoms with van der Waals surface area (Å²) in [6, 6.07) is 3.35. The van der Waals surface area contributed by atoms with Crippen LogP contribution in [0.1, 0.15) is 20.3 Å². The van der Waals surface area contributed by atoms with E-state index in [2.05, 4.69) is 10.3 Å². The second-order valence-electron chi connectivity index (χ2n) is 6.10. The topological polar surface area (TPSA) is 77.2 Å². The Kier molecular flexibility index (Phi) is 3.04. The number of hydrogen-bond donors (Lipinski definition) is 2. The van der Waals surface area contributed by atoms with Gasteiger partial charge in [-0.25, -0.2) is 4.98 Å². The van der Waals surface area contributed by atoms with Gasteiger partial charge in [-0.05, 0) is 18.6 Å². The number of fused-ring (bicyclic) bond motifs is 1. The van der Waals surface area contributed by atoms with E-state index >= 15 is 0 Å². The van der Waals surface area contributed by atoms with E-state index in [1.807, 2.05) is 13.8 Å². The first-order valence-corrected chi connectivity index (χ1v) is 7.08. The fraction of sp³-hybridized carbons (Fsp3) is 0.571. The van der Waals surface area contributed by atoms with Gasteiger partial charge in [-0.15, -0.1) is 0 Å².